The quantitative estimate of drug-likeness (QED) is 0.740. The summed E-state index contributed by atoms with van der Waals surface area (Å²) in [5.41, 5.74) is 7.51. The van der Waals surface area contributed by atoms with Gasteiger partial charge in [0.05, 0.1) is 0 Å². The van der Waals surface area contributed by atoms with Crippen molar-refractivity contribution in [3.63, 3.8) is 0 Å². The van der Waals surface area contributed by atoms with Gasteiger partial charge in [-0.1, -0.05) is 35.9 Å². The molecule has 1 heterocycles. The zero-order valence-corrected chi connectivity index (χ0v) is 13.5. The first-order valence-corrected chi connectivity index (χ1v) is 7.60. The van der Waals surface area contributed by atoms with Gasteiger partial charge in [0.1, 0.15) is 0 Å². The maximum Gasteiger partial charge on any atom is 0.252 e. The van der Waals surface area contributed by atoms with E-state index in [9.17, 15) is 9.59 Å². The third-order valence-corrected chi connectivity index (χ3v) is 3.58. The van der Waals surface area contributed by atoms with E-state index in [2.05, 4.69) is 15.5 Å². The highest BCUT2D eigenvalue weighted by molar-refractivity contribution is 5.97. The van der Waals surface area contributed by atoms with Crippen molar-refractivity contribution < 1.29 is 14.0 Å². The van der Waals surface area contributed by atoms with E-state index in [1.807, 2.05) is 25.1 Å². The summed E-state index contributed by atoms with van der Waals surface area (Å²) in [5, 5.41) is 10.3. The van der Waals surface area contributed by atoms with Crippen LogP contribution in [0.15, 0.2) is 59.0 Å². The second-order valence-corrected chi connectivity index (χ2v) is 5.49. The van der Waals surface area contributed by atoms with Gasteiger partial charge < -0.3 is 15.5 Å². The van der Waals surface area contributed by atoms with Crippen LogP contribution in [0, 0.1) is 6.92 Å². The highest BCUT2D eigenvalue weighted by atomic mass is 16.4. The lowest BCUT2D eigenvalue weighted by atomic mass is 10.1. The molecular formula is C18H16N4O3. The molecule has 1 aromatic heterocycles. The summed E-state index contributed by atoms with van der Waals surface area (Å²) >= 11 is 0. The Balaban J connectivity index is 1.82. The highest BCUT2D eigenvalue weighted by Crippen LogP contribution is 2.20. The van der Waals surface area contributed by atoms with Crippen LogP contribution < -0.4 is 11.1 Å². The molecule has 3 aromatic rings. The highest BCUT2D eigenvalue weighted by Gasteiger charge is 2.27. The molecule has 7 nitrogen and oxygen atoms in total. The van der Waals surface area contributed by atoms with Gasteiger partial charge in [0.25, 0.3) is 5.91 Å². The number of benzene rings is 2. The standard InChI is InChI=1S/C18H16N4O3/c1-11-7-9-12(10-8-11)16(24)20-14(15(19)23)18-22-21-17(25-18)13-5-3-2-4-6-13/h2-10,14H,1H3,(H2,19,23)(H,20,24). The second kappa shape index (κ2) is 6.96. The Bertz CT molecular complexity index is 888. The van der Waals surface area contributed by atoms with E-state index in [1.165, 1.54) is 0 Å². The second-order valence-electron chi connectivity index (χ2n) is 5.49. The Kier molecular flexibility index (Phi) is 4.56. The largest absolute Gasteiger partial charge is 0.418 e. The van der Waals surface area contributed by atoms with E-state index in [0.29, 0.717) is 11.1 Å². The van der Waals surface area contributed by atoms with Crippen LogP contribution in [0.25, 0.3) is 11.5 Å². The molecule has 126 valence electrons. The van der Waals surface area contributed by atoms with Crippen LogP contribution in [-0.4, -0.2) is 22.0 Å². The predicted molar refractivity (Wildman–Crippen MR) is 90.3 cm³/mol. The zero-order valence-electron chi connectivity index (χ0n) is 13.5. The monoisotopic (exact) mass is 336 g/mol. The van der Waals surface area contributed by atoms with Crippen LogP contribution in [0.2, 0.25) is 0 Å². The van der Waals surface area contributed by atoms with E-state index in [-0.39, 0.29) is 11.8 Å². The molecule has 1 atom stereocenters. The summed E-state index contributed by atoms with van der Waals surface area (Å²) in [6.07, 6.45) is 0. The van der Waals surface area contributed by atoms with Crippen LogP contribution in [0.5, 0.6) is 0 Å². The summed E-state index contributed by atoms with van der Waals surface area (Å²) in [6, 6.07) is 14.8. The number of rotatable bonds is 5. The molecule has 3 N–H and O–H groups in total. The molecule has 0 aliphatic rings. The molecule has 0 radical (unpaired) electrons. The summed E-state index contributed by atoms with van der Waals surface area (Å²) in [4.78, 5) is 24.1. The molecule has 3 rings (SSSR count). The van der Waals surface area contributed by atoms with Crippen molar-refractivity contribution in [3.05, 3.63) is 71.6 Å². The van der Waals surface area contributed by atoms with Gasteiger partial charge in [-0.2, -0.15) is 0 Å². The van der Waals surface area contributed by atoms with E-state index in [0.717, 1.165) is 5.56 Å². The molecule has 1 unspecified atom stereocenters. The lowest BCUT2D eigenvalue weighted by molar-refractivity contribution is -0.120. The van der Waals surface area contributed by atoms with Crippen LogP contribution in [0.3, 0.4) is 0 Å². The van der Waals surface area contributed by atoms with E-state index < -0.39 is 17.9 Å². The Hall–Kier alpha value is -3.48. The Labute approximate surface area is 143 Å². The number of aryl methyl sites for hydroxylation is 1. The molecular weight excluding hydrogens is 320 g/mol. The molecule has 0 spiro atoms. The summed E-state index contributed by atoms with van der Waals surface area (Å²) in [7, 11) is 0. The third-order valence-electron chi connectivity index (χ3n) is 3.58. The molecule has 0 bridgehead atoms. The Morgan fingerprint density at radius 2 is 1.72 bits per heavy atom. The molecule has 0 fully saturated rings. The minimum Gasteiger partial charge on any atom is -0.418 e. The van der Waals surface area contributed by atoms with Crippen molar-refractivity contribution in [2.45, 2.75) is 13.0 Å². The smallest absolute Gasteiger partial charge is 0.252 e. The predicted octanol–water partition coefficient (Wildman–Crippen LogP) is 2.00. The third kappa shape index (κ3) is 3.72. The molecule has 0 saturated heterocycles. The fourth-order valence-corrected chi connectivity index (χ4v) is 2.22. The molecule has 7 heteroatoms. The molecule has 0 aliphatic heterocycles. The maximum atomic E-state index is 12.3. The van der Waals surface area contributed by atoms with Crippen molar-refractivity contribution >= 4 is 11.8 Å². The maximum absolute atomic E-state index is 12.3. The van der Waals surface area contributed by atoms with Crippen molar-refractivity contribution in [2.24, 2.45) is 5.73 Å². The average Bonchev–Trinajstić information content (AvgIpc) is 3.10. The average molecular weight is 336 g/mol. The van der Waals surface area contributed by atoms with Gasteiger partial charge in [0, 0.05) is 11.1 Å². The molecule has 25 heavy (non-hydrogen) atoms. The van der Waals surface area contributed by atoms with Gasteiger partial charge in [0.2, 0.25) is 17.7 Å². The number of hydrogen-bond donors (Lipinski definition) is 2. The van der Waals surface area contributed by atoms with Crippen molar-refractivity contribution in [3.8, 4) is 11.5 Å². The van der Waals surface area contributed by atoms with E-state index >= 15 is 0 Å². The molecule has 0 saturated carbocycles. The molecule has 2 aromatic carbocycles. The number of primary amides is 1. The van der Waals surface area contributed by atoms with Crippen molar-refractivity contribution in [1.29, 1.82) is 0 Å². The van der Waals surface area contributed by atoms with Crippen LogP contribution >= 0.6 is 0 Å². The fraction of sp³-hybridized carbons (Fsp3) is 0.111. The SMILES string of the molecule is Cc1ccc(C(=O)NC(C(N)=O)c2nnc(-c3ccccc3)o2)cc1. The topological polar surface area (TPSA) is 111 Å². The first-order valence-electron chi connectivity index (χ1n) is 7.60. The van der Waals surface area contributed by atoms with Gasteiger partial charge >= 0.3 is 0 Å². The minimum absolute atomic E-state index is 0.0631. The van der Waals surface area contributed by atoms with Crippen LogP contribution in [0.4, 0.5) is 0 Å². The van der Waals surface area contributed by atoms with Crippen LogP contribution in [0.1, 0.15) is 27.9 Å². The van der Waals surface area contributed by atoms with Crippen LogP contribution in [-0.2, 0) is 4.79 Å². The number of nitrogens with one attached hydrogen (secondary N) is 1. The van der Waals surface area contributed by atoms with Gasteiger partial charge in [-0.3, -0.25) is 9.59 Å². The molecule has 2 amide bonds. The number of amides is 2. The zero-order chi connectivity index (χ0) is 17.8. The number of nitrogens with zero attached hydrogens (tertiary/aromatic N) is 2. The normalized spacial score (nSPS) is 11.7. The van der Waals surface area contributed by atoms with Gasteiger partial charge in [-0.15, -0.1) is 10.2 Å². The van der Waals surface area contributed by atoms with Gasteiger partial charge in [-0.05, 0) is 31.2 Å². The summed E-state index contributed by atoms with van der Waals surface area (Å²) in [5.74, 6) is -1.06. The lowest BCUT2D eigenvalue weighted by Crippen LogP contribution is -2.37. The number of carbonyl (C=O) groups is 2. The number of nitrogens with two attached hydrogens (primary N) is 1. The summed E-state index contributed by atoms with van der Waals surface area (Å²) < 4.78 is 5.51. The lowest BCUT2D eigenvalue weighted by Gasteiger charge is -2.11. The summed E-state index contributed by atoms with van der Waals surface area (Å²) in [6.45, 7) is 1.91. The van der Waals surface area contributed by atoms with Gasteiger partial charge in [-0.25, -0.2) is 0 Å². The van der Waals surface area contributed by atoms with E-state index in [4.69, 9.17) is 10.2 Å². The Morgan fingerprint density at radius 3 is 2.36 bits per heavy atom. The fourth-order valence-electron chi connectivity index (χ4n) is 2.22. The first-order chi connectivity index (χ1) is 12.0. The minimum atomic E-state index is -1.21. The Morgan fingerprint density at radius 1 is 1.04 bits per heavy atom. The van der Waals surface area contributed by atoms with Crippen molar-refractivity contribution in [2.75, 3.05) is 0 Å². The molecule has 0 aliphatic carbocycles. The number of carbonyl (C=O) groups excluding carboxylic acids is 2. The van der Waals surface area contributed by atoms with Crippen molar-refractivity contribution in [1.82, 2.24) is 15.5 Å². The van der Waals surface area contributed by atoms with E-state index in [1.54, 1.807) is 36.4 Å². The van der Waals surface area contributed by atoms with Gasteiger partial charge in [0.15, 0.2) is 6.04 Å². The number of aromatic nitrogens is 2. The first kappa shape index (κ1) is 16.4. The number of hydrogen-bond acceptors (Lipinski definition) is 5.